The Balaban J connectivity index is -0.000000562. The summed E-state index contributed by atoms with van der Waals surface area (Å²) in [4.78, 5) is 11.8. The number of hydrogen-bond acceptors (Lipinski definition) is 1. The van der Waals surface area contributed by atoms with Crippen LogP contribution in [0.3, 0.4) is 0 Å². The van der Waals surface area contributed by atoms with Crippen molar-refractivity contribution in [1.29, 1.82) is 0 Å². The third-order valence-electron chi connectivity index (χ3n) is 2.07. The number of carbonyl (C=O) groups is 1. The molecule has 0 aromatic heterocycles. The van der Waals surface area contributed by atoms with Crippen LogP contribution in [0, 0.1) is 0 Å². The van der Waals surface area contributed by atoms with E-state index < -0.39 is 0 Å². The first-order chi connectivity index (χ1) is 6.88. The molecular weight excluding hydrogens is 172 g/mol. The summed E-state index contributed by atoms with van der Waals surface area (Å²) >= 11 is 0. The average molecular weight is 190 g/mol. The quantitative estimate of drug-likeness (QED) is 0.656. The number of benzene rings is 2. The zero-order valence-corrected chi connectivity index (χ0v) is 7.68. The van der Waals surface area contributed by atoms with E-state index in [9.17, 15) is 4.79 Å². The van der Waals surface area contributed by atoms with Gasteiger partial charge in [-0.2, -0.15) is 0 Å². The van der Waals surface area contributed by atoms with Crippen molar-refractivity contribution in [2.45, 2.75) is 0 Å². The summed E-state index contributed by atoms with van der Waals surface area (Å²) in [5.74, 6) is 0.0752. The topological polar surface area (TPSA) is 17.1 Å². The highest BCUT2D eigenvalue weighted by atomic mass is 16.1. The van der Waals surface area contributed by atoms with Crippen molar-refractivity contribution in [1.82, 2.24) is 0 Å². The molecule has 0 amide bonds. The van der Waals surface area contributed by atoms with Crippen LogP contribution in [0.4, 0.5) is 0 Å². The lowest BCUT2D eigenvalue weighted by Gasteiger charge is -1.99. The predicted octanol–water partition coefficient (Wildman–Crippen LogP) is 3.90. The zero-order chi connectivity index (χ0) is 9.80. The first kappa shape index (κ1) is 8.70. The first-order valence-electron chi connectivity index (χ1n) is 4.53. The Labute approximate surface area is 89.0 Å². The largest absolute Gasteiger partial charge is 0.289 e. The monoisotopic (exact) mass is 190 g/mol. The van der Waals surface area contributed by atoms with Crippen LogP contribution in [0.25, 0.3) is 0 Å². The summed E-state index contributed by atoms with van der Waals surface area (Å²) in [6.45, 7) is 0. The highest BCUT2D eigenvalue weighted by Crippen LogP contribution is 2.08. The van der Waals surface area contributed by atoms with E-state index in [0.717, 1.165) is 11.1 Å². The molecule has 0 fully saturated rings. The molecule has 0 aliphatic carbocycles. The lowest BCUT2D eigenvalue weighted by molar-refractivity contribution is 0.103. The predicted molar refractivity (Wildman–Crippen MR) is 64.8 cm³/mol. The van der Waals surface area contributed by atoms with Gasteiger partial charge >= 0.3 is 0 Å². The van der Waals surface area contributed by atoms with Crippen LogP contribution in [0.2, 0.25) is 0 Å². The maximum absolute atomic E-state index is 11.8. The van der Waals surface area contributed by atoms with Gasteiger partial charge in [0.1, 0.15) is 0 Å². The minimum Gasteiger partial charge on any atom is -0.289 e. The molecule has 14 heavy (non-hydrogen) atoms. The van der Waals surface area contributed by atoms with Gasteiger partial charge in [-0.05, 0) is 0 Å². The number of ketones is 1. The molecule has 0 bridgehead atoms. The summed E-state index contributed by atoms with van der Waals surface area (Å²) in [7, 11) is 0. The summed E-state index contributed by atoms with van der Waals surface area (Å²) < 4.78 is 0. The van der Waals surface area contributed by atoms with E-state index in [1.807, 2.05) is 60.7 Å². The fourth-order valence-electron chi connectivity index (χ4n) is 1.35. The van der Waals surface area contributed by atoms with Crippen molar-refractivity contribution in [2.75, 3.05) is 0 Å². The lowest BCUT2D eigenvalue weighted by atomic mass is 10.0. The molecular formula is C13H18O. The molecule has 2 aromatic rings. The Kier molecular flexibility index (Phi) is 2.41. The molecule has 0 unspecified atom stereocenters. The van der Waals surface area contributed by atoms with Crippen molar-refractivity contribution in [3.05, 3.63) is 71.8 Å². The van der Waals surface area contributed by atoms with Crippen LogP contribution >= 0.6 is 0 Å². The summed E-state index contributed by atoms with van der Waals surface area (Å²) in [5, 5.41) is 0. The minimum atomic E-state index is 0. The van der Waals surface area contributed by atoms with Gasteiger partial charge in [0, 0.05) is 16.8 Å². The third-order valence-corrected chi connectivity index (χ3v) is 2.07. The maximum Gasteiger partial charge on any atom is 0.193 e. The lowest BCUT2D eigenvalue weighted by Crippen LogP contribution is -1.99. The highest BCUT2D eigenvalue weighted by Gasteiger charge is 2.06. The Bertz CT molecular complexity index is 390. The smallest absolute Gasteiger partial charge is 0.193 e. The summed E-state index contributed by atoms with van der Waals surface area (Å²) in [6.07, 6.45) is 0. The standard InChI is InChI=1S/C13H10O.4H2/c14-13(11-7-3-1-4-8-11)12-9-5-2-6-10-12;;;;/h1-10H;4*1H. The van der Waals surface area contributed by atoms with Gasteiger partial charge in [0.25, 0.3) is 0 Å². The molecule has 0 heterocycles. The molecule has 1 nitrogen and oxygen atoms in total. The van der Waals surface area contributed by atoms with Gasteiger partial charge in [-0.1, -0.05) is 60.7 Å². The average Bonchev–Trinajstić information content (AvgIpc) is 2.30. The second-order valence-electron chi connectivity index (χ2n) is 3.06. The maximum atomic E-state index is 11.8. The fourth-order valence-corrected chi connectivity index (χ4v) is 1.35. The van der Waals surface area contributed by atoms with Gasteiger partial charge in [-0.25, -0.2) is 0 Å². The minimum absolute atomic E-state index is 0. The molecule has 2 rings (SSSR count). The number of carbonyl (C=O) groups excluding carboxylic acids is 1. The first-order valence-corrected chi connectivity index (χ1v) is 4.53. The van der Waals surface area contributed by atoms with Crippen LogP contribution in [0.15, 0.2) is 60.7 Å². The number of hydrogen-bond donors (Lipinski definition) is 0. The van der Waals surface area contributed by atoms with Crippen LogP contribution in [-0.2, 0) is 0 Å². The van der Waals surface area contributed by atoms with Crippen molar-refractivity contribution in [2.24, 2.45) is 0 Å². The normalized spacial score (nSPS) is 9.71. The van der Waals surface area contributed by atoms with E-state index in [1.165, 1.54) is 0 Å². The van der Waals surface area contributed by atoms with Gasteiger partial charge in [0.15, 0.2) is 5.78 Å². The molecule has 0 atom stereocenters. The van der Waals surface area contributed by atoms with Gasteiger partial charge in [0.2, 0.25) is 0 Å². The highest BCUT2D eigenvalue weighted by molar-refractivity contribution is 6.08. The van der Waals surface area contributed by atoms with E-state index in [0.29, 0.717) is 0 Å². The van der Waals surface area contributed by atoms with Gasteiger partial charge in [0.05, 0.1) is 0 Å². The van der Waals surface area contributed by atoms with Crippen molar-refractivity contribution in [3.8, 4) is 0 Å². The van der Waals surface area contributed by atoms with Gasteiger partial charge in [-0.15, -0.1) is 0 Å². The third kappa shape index (κ3) is 1.72. The molecule has 1 heteroatoms. The Morgan fingerprint density at radius 2 is 1.07 bits per heavy atom. The van der Waals surface area contributed by atoms with Crippen LogP contribution in [-0.4, -0.2) is 5.78 Å². The Hall–Kier alpha value is -1.89. The Morgan fingerprint density at radius 3 is 1.43 bits per heavy atom. The second kappa shape index (κ2) is 3.88. The molecule has 76 valence electrons. The van der Waals surface area contributed by atoms with Gasteiger partial charge in [-0.3, -0.25) is 4.79 Å². The molecule has 0 aliphatic rings. The molecule has 0 saturated heterocycles. The van der Waals surface area contributed by atoms with Crippen LogP contribution < -0.4 is 0 Å². The van der Waals surface area contributed by atoms with E-state index in [1.54, 1.807) is 0 Å². The number of rotatable bonds is 2. The van der Waals surface area contributed by atoms with E-state index >= 15 is 0 Å². The van der Waals surface area contributed by atoms with Crippen molar-refractivity contribution in [3.63, 3.8) is 0 Å². The molecule has 0 spiro atoms. The molecule has 0 saturated carbocycles. The molecule has 0 radical (unpaired) electrons. The summed E-state index contributed by atoms with van der Waals surface area (Å²) in [5.41, 5.74) is 1.47. The summed E-state index contributed by atoms with van der Waals surface area (Å²) in [6, 6.07) is 18.6. The zero-order valence-electron chi connectivity index (χ0n) is 7.68. The fraction of sp³-hybridized carbons (Fsp3) is 0. The van der Waals surface area contributed by atoms with Gasteiger partial charge < -0.3 is 0 Å². The molecule has 0 N–H and O–H groups in total. The van der Waals surface area contributed by atoms with E-state index in [2.05, 4.69) is 0 Å². The van der Waals surface area contributed by atoms with Crippen molar-refractivity contribution >= 4 is 5.78 Å². The van der Waals surface area contributed by atoms with E-state index in [4.69, 9.17) is 0 Å². The molecule has 2 aromatic carbocycles. The van der Waals surface area contributed by atoms with Crippen molar-refractivity contribution < 1.29 is 10.5 Å². The Morgan fingerprint density at radius 1 is 0.714 bits per heavy atom. The van der Waals surface area contributed by atoms with Crippen LogP contribution in [0.5, 0.6) is 0 Å². The second-order valence-corrected chi connectivity index (χ2v) is 3.06. The molecule has 0 aliphatic heterocycles. The van der Waals surface area contributed by atoms with E-state index in [-0.39, 0.29) is 11.5 Å². The van der Waals surface area contributed by atoms with Crippen LogP contribution in [0.1, 0.15) is 21.6 Å². The SMILES string of the molecule is O=C(c1ccccc1)c1ccccc1.[HH].[HH].[HH].[HH].